The minimum absolute atomic E-state index is 0.135. The van der Waals surface area contributed by atoms with E-state index in [-0.39, 0.29) is 17.1 Å². The average Bonchev–Trinajstić information content (AvgIpc) is 2.46. The second-order valence-electron chi connectivity index (χ2n) is 5.77. The van der Waals surface area contributed by atoms with Gasteiger partial charge in [-0.05, 0) is 44.0 Å². The monoisotopic (exact) mass is 291 g/mol. The number of hydrogen-bond donors (Lipinski definition) is 1. The van der Waals surface area contributed by atoms with E-state index < -0.39 is 5.97 Å². The molecular weight excluding hydrogens is 270 g/mol. The molecule has 1 heterocycles. The molecule has 5 heteroatoms. The van der Waals surface area contributed by atoms with Crippen LogP contribution in [0.4, 0.5) is 0 Å². The van der Waals surface area contributed by atoms with Crippen molar-refractivity contribution in [3.8, 4) is 0 Å². The second kappa shape index (κ2) is 5.85. The van der Waals surface area contributed by atoms with Crippen LogP contribution in [0.25, 0.3) is 0 Å². The minimum atomic E-state index is -1.02. The van der Waals surface area contributed by atoms with Gasteiger partial charge in [0.15, 0.2) is 0 Å². The molecule has 1 unspecified atom stereocenters. The molecule has 1 N–H and O–H groups in total. The molecule has 1 aliphatic heterocycles. The first kappa shape index (κ1) is 15.5. The summed E-state index contributed by atoms with van der Waals surface area (Å²) in [5.41, 5.74) is 1.01. The molecule has 1 fully saturated rings. The predicted molar refractivity (Wildman–Crippen MR) is 78.7 cm³/mol. The van der Waals surface area contributed by atoms with Gasteiger partial charge in [-0.25, -0.2) is 4.79 Å². The van der Waals surface area contributed by atoms with Gasteiger partial charge in [-0.3, -0.25) is 4.79 Å². The molecule has 0 spiro atoms. The maximum Gasteiger partial charge on any atom is 0.335 e. The van der Waals surface area contributed by atoms with Gasteiger partial charge < -0.3 is 14.7 Å². The van der Waals surface area contributed by atoms with Crippen LogP contribution in [-0.4, -0.2) is 47.2 Å². The maximum absolute atomic E-state index is 12.6. The Bertz CT molecular complexity index is 569. The van der Waals surface area contributed by atoms with E-state index in [2.05, 4.69) is 0 Å². The molecule has 1 aromatic carbocycles. The van der Waals surface area contributed by atoms with Crippen molar-refractivity contribution in [1.29, 1.82) is 0 Å². The quantitative estimate of drug-likeness (QED) is 0.928. The van der Waals surface area contributed by atoms with Gasteiger partial charge in [0.05, 0.1) is 17.8 Å². The van der Waals surface area contributed by atoms with Gasteiger partial charge in [0.2, 0.25) is 0 Å². The van der Waals surface area contributed by atoms with Crippen molar-refractivity contribution in [3.05, 3.63) is 34.9 Å². The number of carbonyl (C=O) groups excluding carboxylic acids is 1. The number of rotatable bonds is 3. The van der Waals surface area contributed by atoms with Gasteiger partial charge in [0.1, 0.15) is 0 Å². The Hall–Kier alpha value is -1.88. The summed E-state index contributed by atoms with van der Waals surface area (Å²) >= 11 is 0. The first-order chi connectivity index (χ1) is 9.84. The molecule has 114 valence electrons. The van der Waals surface area contributed by atoms with Crippen LogP contribution in [0.15, 0.2) is 18.2 Å². The third kappa shape index (κ3) is 3.42. The van der Waals surface area contributed by atoms with E-state index in [1.165, 1.54) is 6.07 Å². The molecule has 1 saturated heterocycles. The summed E-state index contributed by atoms with van der Waals surface area (Å²) < 4.78 is 5.73. The smallest absolute Gasteiger partial charge is 0.335 e. The fourth-order valence-electron chi connectivity index (χ4n) is 2.53. The lowest BCUT2D eigenvalue weighted by atomic mass is 9.99. The van der Waals surface area contributed by atoms with E-state index in [9.17, 15) is 9.59 Å². The number of nitrogens with zero attached hydrogens (tertiary/aromatic N) is 1. The lowest BCUT2D eigenvalue weighted by Gasteiger charge is -2.40. The highest BCUT2D eigenvalue weighted by Gasteiger charge is 2.33. The molecule has 1 aromatic rings. The largest absolute Gasteiger partial charge is 0.478 e. The molecule has 0 aliphatic carbocycles. The van der Waals surface area contributed by atoms with Crippen LogP contribution in [0, 0.1) is 6.92 Å². The van der Waals surface area contributed by atoms with Crippen LogP contribution in [0.1, 0.15) is 46.5 Å². The number of ether oxygens (including phenoxy) is 1. The predicted octanol–water partition coefficient (Wildman–Crippen LogP) is 2.33. The average molecular weight is 291 g/mol. The Balaban J connectivity index is 2.25. The first-order valence-corrected chi connectivity index (χ1v) is 7.13. The Morgan fingerprint density at radius 3 is 2.62 bits per heavy atom. The number of morpholine rings is 1. The minimum Gasteiger partial charge on any atom is -0.478 e. The highest BCUT2D eigenvalue weighted by molar-refractivity contribution is 5.97. The third-order valence-electron chi connectivity index (χ3n) is 3.94. The molecule has 0 saturated carbocycles. The van der Waals surface area contributed by atoms with Crippen LogP contribution in [0.2, 0.25) is 0 Å². The zero-order chi connectivity index (χ0) is 15.6. The zero-order valence-electron chi connectivity index (χ0n) is 12.7. The number of carbonyl (C=O) groups is 2. The Morgan fingerprint density at radius 1 is 1.33 bits per heavy atom. The van der Waals surface area contributed by atoms with Crippen LogP contribution in [0.3, 0.4) is 0 Å². The highest BCUT2D eigenvalue weighted by Crippen LogP contribution is 2.23. The van der Waals surface area contributed by atoms with E-state index in [0.29, 0.717) is 25.3 Å². The van der Waals surface area contributed by atoms with Crippen molar-refractivity contribution in [2.45, 2.75) is 32.8 Å². The van der Waals surface area contributed by atoms with Crippen molar-refractivity contribution >= 4 is 11.9 Å². The molecule has 2 rings (SSSR count). The lowest BCUT2D eigenvalue weighted by Crippen LogP contribution is -2.51. The van der Waals surface area contributed by atoms with Crippen molar-refractivity contribution in [3.63, 3.8) is 0 Å². The van der Waals surface area contributed by atoms with Gasteiger partial charge >= 0.3 is 5.97 Å². The van der Waals surface area contributed by atoms with E-state index >= 15 is 0 Å². The summed E-state index contributed by atoms with van der Waals surface area (Å²) in [7, 11) is 0. The van der Waals surface area contributed by atoms with Crippen molar-refractivity contribution < 1.29 is 19.4 Å². The molecule has 5 nitrogen and oxygen atoms in total. The van der Waals surface area contributed by atoms with E-state index in [1.54, 1.807) is 24.0 Å². The Morgan fingerprint density at radius 2 is 2.00 bits per heavy atom. The van der Waals surface area contributed by atoms with Crippen molar-refractivity contribution in [2.24, 2.45) is 0 Å². The Kier molecular flexibility index (Phi) is 4.32. The van der Waals surface area contributed by atoms with Crippen LogP contribution in [-0.2, 0) is 4.74 Å². The fraction of sp³-hybridized carbons (Fsp3) is 0.500. The van der Waals surface area contributed by atoms with E-state index in [1.807, 2.05) is 13.8 Å². The lowest BCUT2D eigenvalue weighted by molar-refractivity contribution is -0.0897. The van der Waals surface area contributed by atoms with Gasteiger partial charge in [0.25, 0.3) is 5.91 Å². The molecule has 0 bridgehead atoms. The molecule has 0 aromatic heterocycles. The number of aromatic carboxylic acids is 1. The number of aryl methyl sites for hydroxylation is 1. The van der Waals surface area contributed by atoms with Crippen molar-refractivity contribution in [2.75, 3.05) is 19.7 Å². The number of benzene rings is 1. The summed E-state index contributed by atoms with van der Waals surface area (Å²) in [6, 6.07) is 4.73. The summed E-state index contributed by atoms with van der Waals surface area (Å²) in [6.45, 7) is 7.38. The van der Waals surface area contributed by atoms with Crippen molar-refractivity contribution in [1.82, 2.24) is 4.90 Å². The highest BCUT2D eigenvalue weighted by atomic mass is 16.5. The second-order valence-corrected chi connectivity index (χ2v) is 5.77. The third-order valence-corrected chi connectivity index (χ3v) is 3.94. The maximum atomic E-state index is 12.6. The number of carboxylic acids is 1. The number of hydrogen-bond acceptors (Lipinski definition) is 3. The van der Waals surface area contributed by atoms with Gasteiger partial charge in [-0.2, -0.15) is 0 Å². The summed E-state index contributed by atoms with van der Waals surface area (Å²) in [4.78, 5) is 25.5. The number of carboxylic acid groups (broad SMARTS) is 1. The SMILES string of the molecule is CCC1(C)CN(C(=O)c2cc(C)cc(C(=O)O)c2)CCO1. The normalized spacial score (nSPS) is 22.1. The number of amides is 1. The standard InChI is InChI=1S/C16H21NO4/c1-4-16(3)10-17(5-6-21-16)14(18)12-7-11(2)8-13(9-12)15(19)20/h7-9H,4-6,10H2,1-3H3,(H,19,20). The Labute approximate surface area is 124 Å². The first-order valence-electron chi connectivity index (χ1n) is 7.13. The van der Waals surface area contributed by atoms with E-state index in [4.69, 9.17) is 9.84 Å². The molecule has 1 aliphatic rings. The van der Waals surface area contributed by atoms with Gasteiger partial charge in [-0.15, -0.1) is 0 Å². The zero-order valence-corrected chi connectivity index (χ0v) is 12.7. The molecule has 1 atom stereocenters. The molecule has 1 amide bonds. The van der Waals surface area contributed by atoms with Gasteiger partial charge in [0, 0.05) is 18.7 Å². The van der Waals surface area contributed by atoms with Crippen LogP contribution >= 0.6 is 0 Å². The molecule has 0 radical (unpaired) electrons. The van der Waals surface area contributed by atoms with E-state index in [0.717, 1.165) is 12.0 Å². The summed E-state index contributed by atoms with van der Waals surface area (Å²) in [5, 5.41) is 9.10. The molecular formula is C16H21NO4. The summed E-state index contributed by atoms with van der Waals surface area (Å²) in [5.74, 6) is -1.16. The molecule has 21 heavy (non-hydrogen) atoms. The van der Waals surface area contributed by atoms with Crippen LogP contribution < -0.4 is 0 Å². The van der Waals surface area contributed by atoms with Gasteiger partial charge in [-0.1, -0.05) is 6.92 Å². The van der Waals surface area contributed by atoms with Crippen LogP contribution in [0.5, 0.6) is 0 Å². The summed E-state index contributed by atoms with van der Waals surface area (Å²) in [6.07, 6.45) is 0.824. The topological polar surface area (TPSA) is 66.8 Å². The fourth-order valence-corrected chi connectivity index (χ4v) is 2.53.